The van der Waals surface area contributed by atoms with Gasteiger partial charge in [0.15, 0.2) is 0 Å². The van der Waals surface area contributed by atoms with Crippen LogP contribution in [0.15, 0.2) is 0 Å². The highest BCUT2D eigenvalue weighted by molar-refractivity contribution is 6.17. The van der Waals surface area contributed by atoms with Crippen LogP contribution in [-0.2, 0) is 0 Å². The standard InChI is InChI=1S/C13H25Cl/c1-3-12(5-4-10-14)13-8-6-11(2)7-9-13/h11-13H,3-10H2,1-2H3. The van der Waals surface area contributed by atoms with Crippen LogP contribution in [0.25, 0.3) is 0 Å². The molecule has 0 N–H and O–H groups in total. The van der Waals surface area contributed by atoms with Crippen LogP contribution in [0.5, 0.6) is 0 Å². The van der Waals surface area contributed by atoms with E-state index in [1.54, 1.807) is 0 Å². The van der Waals surface area contributed by atoms with Crippen molar-refractivity contribution in [3.63, 3.8) is 0 Å². The van der Waals surface area contributed by atoms with Crippen molar-refractivity contribution in [1.29, 1.82) is 0 Å². The predicted octanol–water partition coefficient (Wildman–Crippen LogP) is 4.86. The first-order chi connectivity index (χ1) is 6.77. The first kappa shape index (κ1) is 12.4. The van der Waals surface area contributed by atoms with Gasteiger partial charge in [-0.15, -0.1) is 11.6 Å². The maximum atomic E-state index is 5.76. The van der Waals surface area contributed by atoms with Crippen molar-refractivity contribution < 1.29 is 0 Å². The Morgan fingerprint density at radius 3 is 2.36 bits per heavy atom. The lowest BCUT2D eigenvalue weighted by atomic mass is 9.74. The van der Waals surface area contributed by atoms with Gasteiger partial charge in [-0.2, -0.15) is 0 Å². The Hall–Kier alpha value is 0.290. The number of halogens is 1. The molecule has 14 heavy (non-hydrogen) atoms. The van der Waals surface area contributed by atoms with Gasteiger partial charge in [-0.1, -0.05) is 33.1 Å². The van der Waals surface area contributed by atoms with Crippen molar-refractivity contribution in [2.45, 2.75) is 58.8 Å². The summed E-state index contributed by atoms with van der Waals surface area (Å²) in [6, 6.07) is 0. The number of rotatable bonds is 5. The second kappa shape index (κ2) is 6.71. The molecule has 0 aromatic carbocycles. The highest BCUT2D eigenvalue weighted by atomic mass is 35.5. The summed E-state index contributed by atoms with van der Waals surface area (Å²) in [6.07, 6.45) is 9.80. The number of hydrogen-bond donors (Lipinski definition) is 0. The van der Waals surface area contributed by atoms with E-state index in [4.69, 9.17) is 11.6 Å². The first-order valence-corrected chi connectivity index (χ1v) is 6.87. The van der Waals surface area contributed by atoms with E-state index in [1.165, 1.54) is 44.9 Å². The van der Waals surface area contributed by atoms with Crippen molar-refractivity contribution in [2.75, 3.05) is 5.88 Å². The zero-order valence-electron chi connectivity index (χ0n) is 9.77. The van der Waals surface area contributed by atoms with E-state index in [0.717, 1.165) is 23.6 Å². The van der Waals surface area contributed by atoms with Crippen molar-refractivity contribution in [1.82, 2.24) is 0 Å². The lowest BCUT2D eigenvalue weighted by Gasteiger charge is -2.32. The molecular weight excluding hydrogens is 192 g/mol. The summed E-state index contributed by atoms with van der Waals surface area (Å²) in [5.41, 5.74) is 0. The maximum Gasteiger partial charge on any atom is 0.0223 e. The second-order valence-corrected chi connectivity index (χ2v) is 5.40. The smallest absolute Gasteiger partial charge is 0.0223 e. The molecule has 0 radical (unpaired) electrons. The fraction of sp³-hybridized carbons (Fsp3) is 1.00. The molecule has 1 rings (SSSR count). The van der Waals surface area contributed by atoms with Gasteiger partial charge in [0, 0.05) is 5.88 Å². The van der Waals surface area contributed by atoms with Crippen LogP contribution in [0.3, 0.4) is 0 Å². The van der Waals surface area contributed by atoms with Gasteiger partial charge in [-0.05, 0) is 43.4 Å². The molecule has 0 heterocycles. The van der Waals surface area contributed by atoms with Crippen LogP contribution in [0.2, 0.25) is 0 Å². The third-order valence-electron chi connectivity index (χ3n) is 3.96. The van der Waals surface area contributed by atoms with Crippen LogP contribution >= 0.6 is 11.6 Å². The molecule has 1 heteroatoms. The van der Waals surface area contributed by atoms with E-state index in [2.05, 4.69) is 13.8 Å². The Morgan fingerprint density at radius 1 is 1.21 bits per heavy atom. The fourth-order valence-corrected chi connectivity index (χ4v) is 3.02. The number of hydrogen-bond acceptors (Lipinski definition) is 0. The average molecular weight is 217 g/mol. The molecule has 0 amide bonds. The third kappa shape index (κ3) is 3.81. The summed E-state index contributed by atoms with van der Waals surface area (Å²) in [6.45, 7) is 4.74. The first-order valence-electron chi connectivity index (χ1n) is 6.33. The largest absolute Gasteiger partial charge is 0.127 e. The van der Waals surface area contributed by atoms with Crippen LogP contribution in [0.1, 0.15) is 58.8 Å². The van der Waals surface area contributed by atoms with E-state index in [0.29, 0.717) is 0 Å². The lowest BCUT2D eigenvalue weighted by molar-refractivity contribution is 0.198. The molecule has 0 nitrogen and oxygen atoms in total. The molecule has 0 aromatic heterocycles. The van der Waals surface area contributed by atoms with Crippen molar-refractivity contribution in [2.24, 2.45) is 17.8 Å². The van der Waals surface area contributed by atoms with Gasteiger partial charge in [-0.3, -0.25) is 0 Å². The molecule has 0 spiro atoms. The molecule has 1 aliphatic rings. The van der Waals surface area contributed by atoms with Gasteiger partial charge < -0.3 is 0 Å². The number of alkyl halides is 1. The van der Waals surface area contributed by atoms with E-state index < -0.39 is 0 Å². The Morgan fingerprint density at radius 2 is 1.86 bits per heavy atom. The van der Waals surface area contributed by atoms with Gasteiger partial charge in [0.2, 0.25) is 0 Å². The predicted molar refractivity (Wildman–Crippen MR) is 64.9 cm³/mol. The van der Waals surface area contributed by atoms with Crippen LogP contribution in [0.4, 0.5) is 0 Å². The quantitative estimate of drug-likeness (QED) is 0.576. The molecule has 1 aliphatic carbocycles. The Balaban J connectivity index is 2.29. The molecule has 0 saturated heterocycles. The molecule has 84 valence electrons. The van der Waals surface area contributed by atoms with E-state index in [-0.39, 0.29) is 0 Å². The minimum Gasteiger partial charge on any atom is -0.127 e. The highest BCUT2D eigenvalue weighted by Gasteiger charge is 2.24. The van der Waals surface area contributed by atoms with E-state index in [9.17, 15) is 0 Å². The lowest BCUT2D eigenvalue weighted by Crippen LogP contribution is -2.20. The van der Waals surface area contributed by atoms with Gasteiger partial charge in [0.05, 0.1) is 0 Å². The molecule has 1 unspecified atom stereocenters. The summed E-state index contributed by atoms with van der Waals surface area (Å²) in [5.74, 6) is 3.80. The van der Waals surface area contributed by atoms with E-state index >= 15 is 0 Å². The Labute approximate surface area is 94.4 Å². The second-order valence-electron chi connectivity index (χ2n) is 5.02. The summed E-state index contributed by atoms with van der Waals surface area (Å²) in [7, 11) is 0. The topological polar surface area (TPSA) is 0 Å². The Kier molecular flexibility index (Phi) is 5.93. The molecule has 0 aromatic rings. The minimum atomic E-state index is 0.847. The van der Waals surface area contributed by atoms with Crippen molar-refractivity contribution in [3.8, 4) is 0 Å². The minimum absolute atomic E-state index is 0.847. The summed E-state index contributed by atoms with van der Waals surface area (Å²) < 4.78 is 0. The van der Waals surface area contributed by atoms with Crippen LogP contribution in [-0.4, -0.2) is 5.88 Å². The van der Waals surface area contributed by atoms with Crippen LogP contribution < -0.4 is 0 Å². The molecule has 0 bridgehead atoms. The summed E-state index contributed by atoms with van der Waals surface area (Å²) in [4.78, 5) is 0. The van der Waals surface area contributed by atoms with Gasteiger partial charge in [-0.25, -0.2) is 0 Å². The van der Waals surface area contributed by atoms with E-state index in [1.807, 2.05) is 0 Å². The highest BCUT2D eigenvalue weighted by Crippen LogP contribution is 2.36. The average Bonchev–Trinajstić information content (AvgIpc) is 2.21. The van der Waals surface area contributed by atoms with Gasteiger partial charge >= 0.3 is 0 Å². The fourth-order valence-electron chi connectivity index (χ4n) is 2.87. The molecule has 0 aliphatic heterocycles. The molecular formula is C13H25Cl. The monoisotopic (exact) mass is 216 g/mol. The molecule has 1 fully saturated rings. The van der Waals surface area contributed by atoms with Crippen molar-refractivity contribution in [3.05, 3.63) is 0 Å². The SMILES string of the molecule is CCC(CCCCl)C1CCC(C)CC1. The van der Waals surface area contributed by atoms with Gasteiger partial charge in [0.25, 0.3) is 0 Å². The third-order valence-corrected chi connectivity index (χ3v) is 4.23. The normalized spacial score (nSPS) is 30.2. The zero-order chi connectivity index (χ0) is 10.4. The molecule has 1 saturated carbocycles. The van der Waals surface area contributed by atoms with Crippen LogP contribution in [0, 0.1) is 17.8 Å². The summed E-state index contributed by atoms with van der Waals surface area (Å²) >= 11 is 5.76. The maximum absolute atomic E-state index is 5.76. The zero-order valence-corrected chi connectivity index (χ0v) is 10.5. The van der Waals surface area contributed by atoms with Gasteiger partial charge in [0.1, 0.15) is 0 Å². The van der Waals surface area contributed by atoms with Crippen molar-refractivity contribution >= 4 is 11.6 Å². The summed E-state index contributed by atoms with van der Waals surface area (Å²) in [5, 5.41) is 0. The Bertz CT molecular complexity index is 133. The molecule has 1 atom stereocenters.